The quantitative estimate of drug-likeness (QED) is 0.676. The Balaban J connectivity index is 2.05. The van der Waals surface area contributed by atoms with Crippen LogP contribution in [0.5, 0.6) is 0 Å². The van der Waals surface area contributed by atoms with E-state index in [1.54, 1.807) is 12.1 Å². The lowest BCUT2D eigenvalue weighted by Crippen LogP contribution is -2.19. The highest BCUT2D eigenvalue weighted by atomic mass is 16.1. The van der Waals surface area contributed by atoms with Gasteiger partial charge in [0.2, 0.25) is 5.91 Å². The number of rotatable bonds is 5. The number of hydrogen-bond donors (Lipinski definition) is 1. The number of primary amides is 1. The van der Waals surface area contributed by atoms with Crippen LogP contribution in [0, 0.1) is 5.41 Å². The van der Waals surface area contributed by atoms with Crippen molar-refractivity contribution >= 4 is 12.0 Å². The molecule has 0 heterocycles. The number of nitrogens with two attached hydrogens (primary N) is 1. The Morgan fingerprint density at radius 3 is 2.44 bits per heavy atom. The third kappa shape index (κ3) is 5.32. The zero-order valence-electron chi connectivity index (χ0n) is 15.8. The number of carbonyl (C=O) groups is 1. The molecule has 0 radical (unpaired) electrons. The van der Waals surface area contributed by atoms with E-state index in [0.717, 1.165) is 5.56 Å². The maximum atomic E-state index is 11.1. The molecule has 1 amide bonds. The third-order valence-corrected chi connectivity index (χ3v) is 4.90. The van der Waals surface area contributed by atoms with Gasteiger partial charge in [0.05, 0.1) is 0 Å². The van der Waals surface area contributed by atoms with Gasteiger partial charge in [-0.3, -0.25) is 4.79 Å². The van der Waals surface area contributed by atoms with Gasteiger partial charge < -0.3 is 5.73 Å². The second kappa shape index (κ2) is 8.15. The maximum absolute atomic E-state index is 11.1. The van der Waals surface area contributed by atoms with Crippen molar-refractivity contribution in [2.24, 2.45) is 11.1 Å². The fourth-order valence-corrected chi connectivity index (χ4v) is 3.35. The van der Waals surface area contributed by atoms with Crippen LogP contribution < -0.4 is 5.73 Å². The molecule has 1 aliphatic rings. The number of hydrogen-bond acceptors (Lipinski definition) is 1. The molecule has 132 valence electrons. The third-order valence-electron chi connectivity index (χ3n) is 4.90. The van der Waals surface area contributed by atoms with E-state index in [-0.39, 0.29) is 5.41 Å². The molecule has 2 N–H and O–H groups in total. The maximum Gasteiger partial charge on any atom is 0.248 e. The lowest BCUT2D eigenvalue weighted by molar-refractivity contribution is 0.100. The van der Waals surface area contributed by atoms with Crippen LogP contribution in [0.3, 0.4) is 0 Å². The molecule has 1 aliphatic carbocycles. The van der Waals surface area contributed by atoms with E-state index in [1.165, 1.54) is 36.0 Å². The summed E-state index contributed by atoms with van der Waals surface area (Å²) in [4.78, 5) is 11.1. The largest absolute Gasteiger partial charge is 0.366 e. The zero-order valence-corrected chi connectivity index (χ0v) is 15.8. The van der Waals surface area contributed by atoms with Crippen molar-refractivity contribution in [1.82, 2.24) is 0 Å². The Labute approximate surface area is 151 Å². The van der Waals surface area contributed by atoms with E-state index < -0.39 is 5.91 Å². The summed E-state index contributed by atoms with van der Waals surface area (Å²) in [6.45, 7) is 9.05. The van der Waals surface area contributed by atoms with Crippen molar-refractivity contribution in [3.8, 4) is 0 Å². The zero-order chi connectivity index (χ0) is 18.4. The normalized spacial score (nSPS) is 18.3. The second-order valence-corrected chi connectivity index (χ2v) is 7.52. The van der Waals surface area contributed by atoms with E-state index in [9.17, 15) is 4.79 Å². The van der Waals surface area contributed by atoms with Crippen LogP contribution in [0.2, 0.25) is 0 Å². The lowest BCUT2D eigenvalue weighted by Gasteiger charge is -2.32. The number of benzene rings is 1. The van der Waals surface area contributed by atoms with Crippen molar-refractivity contribution in [3.63, 3.8) is 0 Å². The van der Waals surface area contributed by atoms with Gasteiger partial charge in [-0.1, -0.05) is 67.5 Å². The molecule has 0 spiro atoms. The van der Waals surface area contributed by atoms with E-state index in [1.807, 2.05) is 24.3 Å². The Morgan fingerprint density at radius 1 is 1.16 bits per heavy atom. The molecule has 0 saturated carbocycles. The van der Waals surface area contributed by atoms with E-state index in [4.69, 9.17) is 5.73 Å². The van der Waals surface area contributed by atoms with E-state index in [0.29, 0.717) is 5.56 Å². The van der Waals surface area contributed by atoms with Gasteiger partial charge in [-0.15, -0.1) is 0 Å². The summed E-state index contributed by atoms with van der Waals surface area (Å²) in [6.07, 6.45) is 14.4. The molecule has 0 saturated heterocycles. The SMILES string of the molecule is CC1=C(/C=C/C(C)=C/C=C/c2ccc(C(N)=O)cc2)C(C)(C)CCC1. The van der Waals surface area contributed by atoms with Crippen molar-refractivity contribution in [1.29, 1.82) is 0 Å². The van der Waals surface area contributed by atoms with Crippen LogP contribution >= 0.6 is 0 Å². The van der Waals surface area contributed by atoms with Gasteiger partial charge in [-0.25, -0.2) is 0 Å². The summed E-state index contributed by atoms with van der Waals surface area (Å²) < 4.78 is 0. The van der Waals surface area contributed by atoms with Crippen LogP contribution in [-0.2, 0) is 0 Å². The minimum Gasteiger partial charge on any atom is -0.366 e. The first-order valence-electron chi connectivity index (χ1n) is 8.93. The van der Waals surface area contributed by atoms with Gasteiger partial charge in [-0.2, -0.15) is 0 Å². The Bertz CT molecular complexity index is 743. The van der Waals surface area contributed by atoms with E-state index in [2.05, 4.69) is 45.9 Å². The molecule has 0 aliphatic heterocycles. The summed E-state index contributed by atoms with van der Waals surface area (Å²) in [6, 6.07) is 7.29. The number of allylic oxidation sites excluding steroid dienone is 7. The molecule has 0 atom stereocenters. The summed E-state index contributed by atoms with van der Waals surface area (Å²) in [7, 11) is 0. The van der Waals surface area contributed by atoms with Crippen molar-refractivity contribution in [2.45, 2.75) is 47.0 Å². The molecule has 0 bridgehead atoms. The topological polar surface area (TPSA) is 43.1 Å². The second-order valence-electron chi connectivity index (χ2n) is 7.52. The highest BCUT2D eigenvalue weighted by Crippen LogP contribution is 2.40. The summed E-state index contributed by atoms with van der Waals surface area (Å²) in [5.74, 6) is -0.397. The molecule has 0 aromatic heterocycles. The van der Waals surface area contributed by atoms with Crippen LogP contribution in [-0.4, -0.2) is 5.91 Å². The minimum atomic E-state index is -0.397. The van der Waals surface area contributed by atoms with Gasteiger partial charge in [0.1, 0.15) is 0 Å². The van der Waals surface area contributed by atoms with Gasteiger partial charge in [-0.05, 0) is 61.8 Å². The average Bonchev–Trinajstić information content (AvgIpc) is 2.54. The molecule has 2 rings (SSSR count). The first kappa shape index (κ1) is 19.0. The number of carbonyl (C=O) groups excluding carboxylic acids is 1. The number of amides is 1. The standard InChI is InChI=1S/C23H29NO/c1-17(10-15-21-18(2)8-6-16-23(21,3)4)7-5-9-19-11-13-20(14-12-19)22(24)25/h5,7,9-15H,6,8,16H2,1-4H3,(H2,24,25)/b9-5+,15-10+,17-7+. The molecule has 1 aromatic carbocycles. The predicted molar refractivity (Wildman–Crippen MR) is 107 cm³/mol. The average molecular weight is 335 g/mol. The van der Waals surface area contributed by atoms with E-state index >= 15 is 0 Å². The lowest BCUT2D eigenvalue weighted by atomic mass is 9.72. The Hall–Kier alpha value is -2.35. The van der Waals surface area contributed by atoms with Crippen LogP contribution in [0.4, 0.5) is 0 Å². The Kier molecular flexibility index (Phi) is 6.19. The van der Waals surface area contributed by atoms with Gasteiger partial charge in [0.15, 0.2) is 0 Å². The fraction of sp³-hybridized carbons (Fsp3) is 0.348. The van der Waals surface area contributed by atoms with Crippen LogP contribution in [0.1, 0.15) is 62.9 Å². The molecule has 2 heteroatoms. The first-order chi connectivity index (χ1) is 11.8. The first-order valence-corrected chi connectivity index (χ1v) is 8.93. The molecule has 1 aromatic rings. The van der Waals surface area contributed by atoms with Crippen molar-refractivity contribution in [3.05, 3.63) is 76.4 Å². The van der Waals surface area contributed by atoms with Gasteiger partial charge in [0.25, 0.3) is 0 Å². The fourth-order valence-electron chi connectivity index (χ4n) is 3.35. The molecule has 0 fully saturated rings. The summed E-state index contributed by atoms with van der Waals surface area (Å²) in [5, 5.41) is 0. The van der Waals surface area contributed by atoms with Crippen molar-refractivity contribution in [2.75, 3.05) is 0 Å². The van der Waals surface area contributed by atoms with Gasteiger partial charge in [0, 0.05) is 5.56 Å². The molecule has 0 unspecified atom stereocenters. The predicted octanol–water partition coefficient (Wildman–Crippen LogP) is 5.83. The van der Waals surface area contributed by atoms with Gasteiger partial charge >= 0.3 is 0 Å². The minimum absolute atomic E-state index is 0.275. The van der Waals surface area contributed by atoms with Crippen LogP contribution in [0.15, 0.2) is 65.3 Å². The molecule has 2 nitrogen and oxygen atoms in total. The highest BCUT2D eigenvalue weighted by molar-refractivity contribution is 5.92. The van der Waals surface area contributed by atoms with Crippen LogP contribution in [0.25, 0.3) is 6.08 Å². The summed E-state index contributed by atoms with van der Waals surface area (Å²) in [5.41, 5.74) is 11.3. The smallest absolute Gasteiger partial charge is 0.248 e. The summed E-state index contributed by atoms with van der Waals surface area (Å²) >= 11 is 0. The highest BCUT2D eigenvalue weighted by Gasteiger charge is 2.26. The molecular weight excluding hydrogens is 306 g/mol. The Morgan fingerprint density at radius 2 is 1.84 bits per heavy atom. The molecular formula is C23H29NO. The monoisotopic (exact) mass is 335 g/mol. The molecule has 25 heavy (non-hydrogen) atoms. The van der Waals surface area contributed by atoms with Crippen molar-refractivity contribution < 1.29 is 4.79 Å².